The van der Waals surface area contributed by atoms with Gasteiger partial charge in [0.05, 0.1) is 24.3 Å². The molecule has 2 unspecified atom stereocenters. The summed E-state index contributed by atoms with van der Waals surface area (Å²) < 4.78 is 5.67. The lowest BCUT2D eigenvalue weighted by Gasteiger charge is -2.38. The van der Waals surface area contributed by atoms with E-state index in [0.29, 0.717) is 6.04 Å². The van der Waals surface area contributed by atoms with Gasteiger partial charge in [0.25, 0.3) is 0 Å². The minimum atomic E-state index is 0.210. The van der Waals surface area contributed by atoms with Crippen molar-refractivity contribution < 1.29 is 4.74 Å². The fourth-order valence-corrected chi connectivity index (χ4v) is 2.49. The van der Waals surface area contributed by atoms with Crippen molar-refractivity contribution in [2.75, 3.05) is 23.8 Å². The number of hydrogen-bond donors (Lipinski definition) is 1. The summed E-state index contributed by atoms with van der Waals surface area (Å²) in [6.07, 6.45) is 1.82. The molecule has 0 spiro atoms. The van der Waals surface area contributed by atoms with Crippen LogP contribution in [0.1, 0.15) is 13.8 Å². The van der Waals surface area contributed by atoms with E-state index in [-0.39, 0.29) is 6.10 Å². The third kappa shape index (κ3) is 2.21. The van der Waals surface area contributed by atoms with Gasteiger partial charge in [0, 0.05) is 17.6 Å². The van der Waals surface area contributed by atoms with Crippen molar-refractivity contribution >= 4 is 22.4 Å². The molecule has 1 fully saturated rings. The Bertz CT molecular complexity index is 601. The van der Waals surface area contributed by atoms with Gasteiger partial charge < -0.3 is 15.4 Å². The number of ether oxygens (including phenoxy) is 1. The molecule has 0 bridgehead atoms. The first-order valence-corrected chi connectivity index (χ1v) is 6.53. The zero-order valence-electron chi connectivity index (χ0n) is 11.2. The van der Waals surface area contributed by atoms with Crippen molar-refractivity contribution in [3.8, 4) is 0 Å². The molecule has 5 heteroatoms. The standard InChI is InChI=1S/C14H18N4O/c1-9-7-19-10(2)6-18(9)14-12-5-11(15)3-4-13(12)16-8-17-14/h3-5,8-10H,6-7,15H2,1-2H3. The van der Waals surface area contributed by atoms with Crippen LogP contribution in [0.5, 0.6) is 0 Å². The van der Waals surface area contributed by atoms with Gasteiger partial charge in [0.1, 0.15) is 12.1 Å². The molecule has 2 N–H and O–H groups in total. The van der Waals surface area contributed by atoms with Crippen molar-refractivity contribution in [1.82, 2.24) is 9.97 Å². The largest absolute Gasteiger partial charge is 0.399 e. The van der Waals surface area contributed by atoms with E-state index in [4.69, 9.17) is 10.5 Å². The summed E-state index contributed by atoms with van der Waals surface area (Å²) in [6.45, 7) is 5.78. The van der Waals surface area contributed by atoms with Crippen molar-refractivity contribution in [1.29, 1.82) is 0 Å². The lowest BCUT2D eigenvalue weighted by atomic mass is 10.1. The van der Waals surface area contributed by atoms with E-state index in [1.54, 1.807) is 6.33 Å². The van der Waals surface area contributed by atoms with E-state index in [0.717, 1.165) is 35.6 Å². The SMILES string of the molecule is CC1CN(c2ncnc3ccc(N)cc23)C(C)CO1. The second kappa shape index (κ2) is 4.66. The lowest BCUT2D eigenvalue weighted by molar-refractivity contribution is 0.0341. The van der Waals surface area contributed by atoms with Gasteiger partial charge in [-0.2, -0.15) is 0 Å². The number of fused-ring (bicyclic) bond motifs is 1. The Labute approximate surface area is 112 Å². The maximum atomic E-state index is 5.89. The van der Waals surface area contributed by atoms with E-state index >= 15 is 0 Å². The third-order valence-electron chi connectivity index (χ3n) is 3.52. The topological polar surface area (TPSA) is 64.3 Å². The normalized spacial score (nSPS) is 23.8. The fourth-order valence-electron chi connectivity index (χ4n) is 2.49. The van der Waals surface area contributed by atoms with Crippen LogP contribution in [-0.4, -0.2) is 35.3 Å². The summed E-state index contributed by atoms with van der Waals surface area (Å²) in [4.78, 5) is 11.0. The Hall–Kier alpha value is -1.88. The maximum absolute atomic E-state index is 5.89. The molecule has 0 amide bonds. The van der Waals surface area contributed by atoms with Gasteiger partial charge in [-0.1, -0.05) is 0 Å². The highest BCUT2D eigenvalue weighted by molar-refractivity contribution is 5.91. The highest BCUT2D eigenvalue weighted by Crippen LogP contribution is 2.28. The molecule has 19 heavy (non-hydrogen) atoms. The zero-order chi connectivity index (χ0) is 13.4. The second-order valence-corrected chi connectivity index (χ2v) is 5.12. The molecule has 1 aliphatic heterocycles. The minimum Gasteiger partial charge on any atom is -0.399 e. The van der Waals surface area contributed by atoms with Crippen LogP contribution in [0.25, 0.3) is 10.9 Å². The third-order valence-corrected chi connectivity index (χ3v) is 3.52. The Morgan fingerprint density at radius 2 is 2.16 bits per heavy atom. The molecule has 100 valence electrons. The van der Waals surface area contributed by atoms with Gasteiger partial charge in [0.2, 0.25) is 0 Å². The van der Waals surface area contributed by atoms with Gasteiger partial charge in [0.15, 0.2) is 0 Å². The number of rotatable bonds is 1. The van der Waals surface area contributed by atoms with Crippen molar-refractivity contribution in [2.45, 2.75) is 26.0 Å². The molecule has 1 aliphatic rings. The van der Waals surface area contributed by atoms with Crippen LogP contribution in [0, 0.1) is 0 Å². The summed E-state index contributed by atoms with van der Waals surface area (Å²) in [5.74, 6) is 0.944. The zero-order valence-corrected chi connectivity index (χ0v) is 11.2. The van der Waals surface area contributed by atoms with Crippen LogP contribution in [-0.2, 0) is 4.74 Å². The van der Waals surface area contributed by atoms with Crippen LogP contribution in [0.4, 0.5) is 11.5 Å². The smallest absolute Gasteiger partial charge is 0.140 e. The molecular formula is C14H18N4O. The first kappa shape index (κ1) is 12.2. The number of aromatic nitrogens is 2. The van der Waals surface area contributed by atoms with Gasteiger partial charge >= 0.3 is 0 Å². The number of benzene rings is 1. The number of nitrogens with two attached hydrogens (primary N) is 1. The minimum absolute atomic E-state index is 0.210. The lowest BCUT2D eigenvalue weighted by Crippen LogP contribution is -2.47. The molecule has 2 atom stereocenters. The Morgan fingerprint density at radius 1 is 1.32 bits per heavy atom. The van der Waals surface area contributed by atoms with Crippen LogP contribution >= 0.6 is 0 Å². The predicted molar refractivity (Wildman–Crippen MR) is 76.2 cm³/mol. The quantitative estimate of drug-likeness (QED) is 0.790. The highest BCUT2D eigenvalue weighted by atomic mass is 16.5. The number of morpholine rings is 1. The van der Waals surface area contributed by atoms with Crippen LogP contribution in [0.2, 0.25) is 0 Å². The number of nitrogen functional groups attached to an aromatic ring is 1. The molecule has 2 aromatic rings. The van der Waals surface area contributed by atoms with E-state index < -0.39 is 0 Å². The van der Waals surface area contributed by atoms with Crippen molar-refractivity contribution in [3.63, 3.8) is 0 Å². The predicted octanol–water partition coefficient (Wildman–Crippen LogP) is 1.83. The fraction of sp³-hybridized carbons (Fsp3) is 0.429. The molecule has 0 aliphatic carbocycles. The molecule has 1 aromatic carbocycles. The maximum Gasteiger partial charge on any atom is 0.140 e. The molecule has 3 rings (SSSR count). The average Bonchev–Trinajstić information content (AvgIpc) is 2.41. The number of anilines is 2. The van der Waals surface area contributed by atoms with Crippen LogP contribution < -0.4 is 10.6 Å². The van der Waals surface area contributed by atoms with Crippen molar-refractivity contribution in [3.05, 3.63) is 24.5 Å². The molecule has 5 nitrogen and oxygen atoms in total. The van der Waals surface area contributed by atoms with Gasteiger partial charge in [-0.05, 0) is 32.0 Å². The Morgan fingerprint density at radius 3 is 3.00 bits per heavy atom. The molecule has 0 saturated carbocycles. The molecule has 0 radical (unpaired) electrons. The van der Waals surface area contributed by atoms with Crippen molar-refractivity contribution in [2.24, 2.45) is 0 Å². The first-order chi connectivity index (χ1) is 9.15. The summed E-state index contributed by atoms with van der Waals surface area (Å²) >= 11 is 0. The number of hydrogen-bond acceptors (Lipinski definition) is 5. The average molecular weight is 258 g/mol. The van der Waals surface area contributed by atoms with E-state index in [9.17, 15) is 0 Å². The molecule has 1 aromatic heterocycles. The van der Waals surface area contributed by atoms with Crippen LogP contribution in [0.15, 0.2) is 24.5 Å². The van der Waals surface area contributed by atoms with E-state index in [1.807, 2.05) is 18.2 Å². The number of nitrogens with zero attached hydrogens (tertiary/aromatic N) is 3. The molecule has 2 heterocycles. The Kier molecular flexibility index (Phi) is 2.98. The summed E-state index contributed by atoms with van der Waals surface area (Å²) in [5, 5.41) is 1.00. The second-order valence-electron chi connectivity index (χ2n) is 5.12. The first-order valence-electron chi connectivity index (χ1n) is 6.53. The van der Waals surface area contributed by atoms with Gasteiger partial charge in [-0.25, -0.2) is 9.97 Å². The summed E-state index contributed by atoms with van der Waals surface area (Å²) in [5.41, 5.74) is 7.54. The van der Waals surface area contributed by atoms with Gasteiger partial charge in [-0.3, -0.25) is 0 Å². The van der Waals surface area contributed by atoms with E-state index in [2.05, 4.69) is 28.7 Å². The molecular weight excluding hydrogens is 240 g/mol. The summed E-state index contributed by atoms with van der Waals surface area (Å²) in [6, 6.07) is 6.04. The van der Waals surface area contributed by atoms with Gasteiger partial charge in [-0.15, -0.1) is 0 Å². The molecule has 1 saturated heterocycles. The highest BCUT2D eigenvalue weighted by Gasteiger charge is 2.25. The monoisotopic (exact) mass is 258 g/mol. The Balaban J connectivity index is 2.10. The van der Waals surface area contributed by atoms with E-state index in [1.165, 1.54) is 0 Å². The summed E-state index contributed by atoms with van der Waals surface area (Å²) in [7, 11) is 0. The van der Waals surface area contributed by atoms with Crippen LogP contribution in [0.3, 0.4) is 0 Å².